The summed E-state index contributed by atoms with van der Waals surface area (Å²) in [5.74, 6) is 0.267. The summed E-state index contributed by atoms with van der Waals surface area (Å²) in [5, 5.41) is 3.71. The van der Waals surface area contributed by atoms with Crippen molar-refractivity contribution in [1.82, 2.24) is 10.1 Å². The van der Waals surface area contributed by atoms with Crippen molar-refractivity contribution in [1.29, 1.82) is 0 Å². The molecule has 6 nitrogen and oxygen atoms in total. The number of aryl methyl sites for hydroxylation is 3. The minimum absolute atomic E-state index is 0.0798. The second-order valence-corrected chi connectivity index (χ2v) is 7.14. The largest absolute Gasteiger partial charge is 0.360 e. The summed E-state index contributed by atoms with van der Waals surface area (Å²) in [6.07, 6.45) is 3.39. The fourth-order valence-electron chi connectivity index (χ4n) is 2.51. The Morgan fingerprint density at radius 1 is 1.00 bits per heavy atom. The van der Waals surface area contributed by atoms with E-state index in [4.69, 9.17) is 4.52 Å². The van der Waals surface area contributed by atoms with E-state index < -0.39 is 10.0 Å². The third-order valence-corrected chi connectivity index (χ3v) is 5.34. The van der Waals surface area contributed by atoms with Gasteiger partial charge < -0.3 is 4.52 Å². The van der Waals surface area contributed by atoms with Crippen molar-refractivity contribution in [2.45, 2.75) is 25.7 Å². The number of nitrogens with zero attached hydrogens (tertiary/aromatic N) is 2. The average Bonchev–Trinajstić information content (AvgIpc) is 2.90. The molecule has 0 aliphatic carbocycles. The van der Waals surface area contributed by atoms with Crippen LogP contribution in [0.25, 0.3) is 11.1 Å². The Morgan fingerprint density at radius 2 is 1.71 bits per heavy atom. The molecule has 0 amide bonds. The van der Waals surface area contributed by atoms with E-state index >= 15 is 0 Å². The Kier molecular flexibility index (Phi) is 4.11. The molecule has 124 valence electrons. The first-order valence-corrected chi connectivity index (χ1v) is 8.83. The van der Waals surface area contributed by atoms with Crippen LogP contribution in [0.1, 0.15) is 17.0 Å². The lowest BCUT2D eigenvalue weighted by atomic mass is 10.0. The fourth-order valence-corrected chi connectivity index (χ4v) is 3.96. The van der Waals surface area contributed by atoms with Gasteiger partial charge in [0, 0.05) is 12.4 Å². The van der Waals surface area contributed by atoms with Crippen LogP contribution in [0.3, 0.4) is 0 Å². The second kappa shape index (κ2) is 6.09. The summed E-state index contributed by atoms with van der Waals surface area (Å²) in [6, 6.07) is 9.37. The van der Waals surface area contributed by atoms with Crippen LogP contribution in [0.4, 0.5) is 5.69 Å². The Balaban J connectivity index is 2.01. The molecular weight excluding hydrogens is 326 g/mol. The topological polar surface area (TPSA) is 85.1 Å². The molecule has 1 aromatic carbocycles. The molecule has 0 saturated heterocycles. The van der Waals surface area contributed by atoms with Gasteiger partial charge in [0.25, 0.3) is 10.0 Å². The minimum atomic E-state index is -3.77. The van der Waals surface area contributed by atoms with Crippen molar-refractivity contribution in [3.8, 4) is 11.1 Å². The summed E-state index contributed by atoms with van der Waals surface area (Å²) >= 11 is 0. The summed E-state index contributed by atoms with van der Waals surface area (Å²) in [5.41, 5.74) is 3.54. The van der Waals surface area contributed by atoms with Crippen LogP contribution in [-0.4, -0.2) is 18.6 Å². The molecule has 0 saturated carbocycles. The van der Waals surface area contributed by atoms with E-state index in [2.05, 4.69) is 14.9 Å². The zero-order chi connectivity index (χ0) is 17.3. The molecule has 0 spiro atoms. The van der Waals surface area contributed by atoms with Crippen molar-refractivity contribution >= 4 is 15.7 Å². The molecule has 0 atom stereocenters. The van der Waals surface area contributed by atoms with Crippen molar-refractivity contribution in [2.75, 3.05) is 4.72 Å². The lowest BCUT2D eigenvalue weighted by Crippen LogP contribution is -2.15. The molecule has 0 unspecified atom stereocenters. The number of nitrogens with one attached hydrogen (secondary N) is 1. The van der Waals surface area contributed by atoms with Crippen molar-refractivity contribution in [3.63, 3.8) is 0 Å². The SMILES string of the molecule is Cc1ccc(-c2ccncc2)cc1NS(=O)(=O)c1c(C)noc1C. The van der Waals surface area contributed by atoms with Gasteiger partial charge in [0.15, 0.2) is 10.7 Å². The van der Waals surface area contributed by atoms with Gasteiger partial charge in [-0.2, -0.15) is 0 Å². The maximum atomic E-state index is 12.7. The first-order valence-electron chi connectivity index (χ1n) is 7.35. The highest BCUT2D eigenvalue weighted by Gasteiger charge is 2.24. The van der Waals surface area contributed by atoms with E-state index in [1.165, 1.54) is 0 Å². The highest BCUT2D eigenvalue weighted by molar-refractivity contribution is 7.92. The van der Waals surface area contributed by atoms with Gasteiger partial charge in [-0.3, -0.25) is 9.71 Å². The summed E-state index contributed by atoms with van der Waals surface area (Å²) < 4.78 is 33.0. The van der Waals surface area contributed by atoms with Crippen molar-refractivity contribution in [3.05, 3.63) is 59.7 Å². The molecular formula is C17H17N3O3S. The van der Waals surface area contributed by atoms with E-state index in [0.717, 1.165) is 16.7 Å². The van der Waals surface area contributed by atoms with E-state index in [-0.39, 0.29) is 10.7 Å². The number of hydrogen-bond donors (Lipinski definition) is 1. The van der Waals surface area contributed by atoms with Gasteiger partial charge in [-0.05, 0) is 55.7 Å². The number of pyridine rings is 1. The highest BCUT2D eigenvalue weighted by atomic mass is 32.2. The fraction of sp³-hybridized carbons (Fsp3) is 0.176. The summed E-state index contributed by atoms with van der Waals surface area (Å²) in [6.45, 7) is 5.03. The molecule has 0 fully saturated rings. The maximum absolute atomic E-state index is 12.7. The van der Waals surface area contributed by atoms with Gasteiger partial charge >= 0.3 is 0 Å². The normalized spacial score (nSPS) is 11.5. The quantitative estimate of drug-likeness (QED) is 0.784. The molecule has 7 heteroatoms. The molecule has 3 aromatic rings. The van der Waals surface area contributed by atoms with Crippen LogP contribution in [0.2, 0.25) is 0 Å². The molecule has 0 radical (unpaired) electrons. The highest BCUT2D eigenvalue weighted by Crippen LogP contribution is 2.28. The van der Waals surface area contributed by atoms with E-state index in [0.29, 0.717) is 11.4 Å². The third kappa shape index (κ3) is 3.03. The van der Waals surface area contributed by atoms with Crippen LogP contribution in [-0.2, 0) is 10.0 Å². The predicted octanol–water partition coefficient (Wildman–Crippen LogP) is 3.46. The first-order chi connectivity index (χ1) is 11.4. The van der Waals surface area contributed by atoms with Gasteiger partial charge in [-0.1, -0.05) is 17.3 Å². The zero-order valence-corrected chi connectivity index (χ0v) is 14.4. The van der Waals surface area contributed by atoms with Crippen LogP contribution in [0, 0.1) is 20.8 Å². The van der Waals surface area contributed by atoms with Crippen LogP contribution in [0.15, 0.2) is 52.1 Å². The van der Waals surface area contributed by atoms with Gasteiger partial charge in [0.1, 0.15) is 5.69 Å². The van der Waals surface area contributed by atoms with Gasteiger partial charge in [0.2, 0.25) is 0 Å². The molecule has 3 rings (SSSR count). The van der Waals surface area contributed by atoms with Gasteiger partial charge in [-0.15, -0.1) is 0 Å². The third-order valence-electron chi connectivity index (χ3n) is 3.73. The van der Waals surface area contributed by atoms with E-state index in [1.54, 1.807) is 32.3 Å². The molecule has 2 heterocycles. The number of rotatable bonds is 4. The lowest BCUT2D eigenvalue weighted by Gasteiger charge is -2.12. The Morgan fingerprint density at radius 3 is 2.33 bits per heavy atom. The van der Waals surface area contributed by atoms with Crippen LogP contribution >= 0.6 is 0 Å². The number of aromatic nitrogens is 2. The van der Waals surface area contributed by atoms with Gasteiger partial charge in [-0.25, -0.2) is 8.42 Å². The zero-order valence-electron chi connectivity index (χ0n) is 13.6. The molecule has 24 heavy (non-hydrogen) atoms. The maximum Gasteiger partial charge on any atom is 0.267 e. The molecule has 1 N–H and O–H groups in total. The smallest absolute Gasteiger partial charge is 0.267 e. The molecule has 0 aliphatic rings. The van der Waals surface area contributed by atoms with E-state index in [9.17, 15) is 8.42 Å². The number of hydrogen-bond acceptors (Lipinski definition) is 5. The van der Waals surface area contributed by atoms with Crippen LogP contribution < -0.4 is 4.72 Å². The first kappa shape index (κ1) is 16.2. The van der Waals surface area contributed by atoms with Gasteiger partial charge in [0.05, 0.1) is 5.69 Å². The predicted molar refractivity (Wildman–Crippen MR) is 91.2 cm³/mol. The van der Waals surface area contributed by atoms with E-state index in [1.807, 2.05) is 31.2 Å². The summed E-state index contributed by atoms with van der Waals surface area (Å²) in [4.78, 5) is 4.07. The molecule has 0 bridgehead atoms. The minimum Gasteiger partial charge on any atom is -0.360 e. The number of sulfonamides is 1. The number of benzene rings is 1. The van der Waals surface area contributed by atoms with Crippen molar-refractivity contribution in [2.24, 2.45) is 0 Å². The standard InChI is InChI=1S/C17H17N3O3S/c1-11-4-5-15(14-6-8-18-9-7-14)10-16(11)20-24(21,22)17-12(2)19-23-13(17)3/h4-10,20H,1-3H3. The van der Waals surface area contributed by atoms with Crippen LogP contribution in [0.5, 0.6) is 0 Å². The lowest BCUT2D eigenvalue weighted by molar-refractivity contribution is 0.390. The Labute approximate surface area is 140 Å². The number of anilines is 1. The summed E-state index contributed by atoms with van der Waals surface area (Å²) in [7, 11) is -3.77. The molecule has 0 aliphatic heterocycles. The second-order valence-electron chi connectivity index (χ2n) is 5.52. The monoisotopic (exact) mass is 343 g/mol. The Bertz CT molecular complexity index is 960. The Hall–Kier alpha value is -2.67. The average molecular weight is 343 g/mol. The van der Waals surface area contributed by atoms with Crippen molar-refractivity contribution < 1.29 is 12.9 Å². The molecule has 2 aromatic heterocycles.